The Labute approximate surface area is 143 Å². The van der Waals surface area contributed by atoms with Crippen LogP contribution in [-0.2, 0) is 9.53 Å². The fourth-order valence-electron chi connectivity index (χ4n) is 2.50. The molecule has 23 heavy (non-hydrogen) atoms. The van der Waals surface area contributed by atoms with Crippen LogP contribution in [0.4, 0.5) is 0 Å². The molecular weight excluding hydrogens is 362 g/mol. The molecule has 1 unspecified atom stereocenters. The van der Waals surface area contributed by atoms with Gasteiger partial charge < -0.3 is 14.1 Å². The first-order valence-electron chi connectivity index (χ1n) is 7.44. The van der Waals surface area contributed by atoms with E-state index >= 15 is 0 Å². The van der Waals surface area contributed by atoms with Crippen LogP contribution in [0.15, 0.2) is 27.1 Å². The van der Waals surface area contributed by atoms with Gasteiger partial charge in [0.05, 0.1) is 13.0 Å². The molecule has 0 N–H and O–H groups in total. The van der Waals surface area contributed by atoms with Gasteiger partial charge in [-0.3, -0.25) is 9.59 Å². The van der Waals surface area contributed by atoms with E-state index in [0.717, 1.165) is 15.4 Å². The van der Waals surface area contributed by atoms with Crippen LogP contribution in [0.2, 0.25) is 0 Å². The molecule has 5 nitrogen and oxygen atoms in total. The average Bonchev–Trinajstić information content (AvgIpc) is 2.87. The fraction of sp³-hybridized carbons (Fsp3) is 0.412. The summed E-state index contributed by atoms with van der Waals surface area (Å²) in [4.78, 5) is 25.9. The Morgan fingerprint density at radius 1 is 1.39 bits per heavy atom. The molecular formula is C17H20BrNO4. The van der Waals surface area contributed by atoms with Crippen molar-refractivity contribution in [2.75, 3.05) is 20.2 Å². The lowest BCUT2D eigenvalue weighted by atomic mass is 10.1. The summed E-state index contributed by atoms with van der Waals surface area (Å²) in [6, 6.07) is 5.63. The lowest BCUT2D eigenvalue weighted by molar-refractivity contribution is -0.145. The maximum atomic E-state index is 12.8. The number of amides is 1. The number of methoxy groups -OCH3 is 1. The summed E-state index contributed by atoms with van der Waals surface area (Å²) >= 11 is 3.42. The van der Waals surface area contributed by atoms with E-state index in [-0.39, 0.29) is 17.8 Å². The summed E-state index contributed by atoms with van der Waals surface area (Å²) in [6.07, 6.45) is 0. The van der Waals surface area contributed by atoms with Crippen molar-refractivity contribution in [1.82, 2.24) is 4.90 Å². The second-order valence-corrected chi connectivity index (χ2v) is 6.38. The Kier molecular flexibility index (Phi) is 5.46. The molecule has 1 aromatic carbocycles. The van der Waals surface area contributed by atoms with Gasteiger partial charge in [-0.2, -0.15) is 0 Å². The van der Waals surface area contributed by atoms with Crippen molar-refractivity contribution in [3.05, 3.63) is 34.0 Å². The summed E-state index contributed by atoms with van der Waals surface area (Å²) in [5.74, 6) is -0.616. The van der Waals surface area contributed by atoms with Gasteiger partial charge in [0.1, 0.15) is 5.58 Å². The van der Waals surface area contributed by atoms with Gasteiger partial charge >= 0.3 is 5.97 Å². The first kappa shape index (κ1) is 17.5. The zero-order valence-corrected chi connectivity index (χ0v) is 15.3. The van der Waals surface area contributed by atoms with Gasteiger partial charge in [-0.05, 0) is 32.0 Å². The van der Waals surface area contributed by atoms with Crippen molar-refractivity contribution < 1.29 is 18.7 Å². The molecule has 0 aliphatic rings. The average molecular weight is 382 g/mol. The van der Waals surface area contributed by atoms with Gasteiger partial charge in [0.25, 0.3) is 5.91 Å². The number of carbonyl (C=O) groups is 2. The van der Waals surface area contributed by atoms with E-state index in [1.165, 1.54) is 7.11 Å². The van der Waals surface area contributed by atoms with Crippen LogP contribution in [0, 0.1) is 12.8 Å². The molecule has 0 aliphatic heterocycles. The highest BCUT2D eigenvalue weighted by Crippen LogP contribution is 2.29. The lowest BCUT2D eigenvalue weighted by Gasteiger charge is -2.22. The zero-order chi connectivity index (χ0) is 17.1. The number of hydrogen-bond acceptors (Lipinski definition) is 4. The maximum absolute atomic E-state index is 12.8. The molecule has 0 saturated heterocycles. The van der Waals surface area contributed by atoms with Gasteiger partial charge in [-0.15, -0.1) is 0 Å². The number of aryl methyl sites for hydroxylation is 1. The minimum Gasteiger partial charge on any atom is -0.469 e. The number of carbonyl (C=O) groups excluding carboxylic acids is 2. The normalized spacial score (nSPS) is 12.2. The fourth-order valence-corrected chi connectivity index (χ4v) is 2.86. The first-order valence-corrected chi connectivity index (χ1v) is 8.24. The predicted octanol–water partition coefficient (Wildman–Crippen LogP) is 3.77. The topological polar surface area (TPSA) is 59.8 Å². The molecule has 6 heteroatoms. The molecule has 0 bridgehead atoms. The molecule has 124 valence electrons. The molecule has 1 aromatic heterocycles. The molecule has 2 rings (SSSR count). The molecule has 0 fully saturated rings. The summed E-state index contributed by atoms with van der Waals surface area (Å²) in [5.41, 5.74) is 1.47. The molecule has 1 atom stereocenters. The van der Waals surface area contributed by atoms with E-state index < -0.39 is 0 Å². The largest absolute Gasteiger partial charge is 0.469 e. The number of nitrogens with zero attached hydrogens (tertiary/aromatic N) is 1. The first-order chi connectivity index (χ1) is 10.9. The van der Waals surface area contributed by atoms with Crippen LogP contribution >= 0.6 is 15.9 Å². The Hall–Kier alpha value is -1.82. The minimum atomic E-state index is -0.386. The standard InChI is InChI=1S/C17H20BrNO4/c1-5-19(9-10(2)17(21)22-4)16(20)15-11(3)13-8-12(18)6-7-14(13)23-15/h6-8,10H,5,9H2,1-4H3. The van der Waals surface area contributed by atoms with Crippen molar-refractivity contribution in [3.8, 4) is 0 Å². The van der Waals surface area contributed by atoms with Gasteiger partial charge in [0.2, 0.25) is 0 Å². The zero-order valence-electron chi connectivity index (χ0n) is 13.7. The summed E-state index contributed by atoms with van der Waals surface area (Å²) < 4.78 is 11.4. The second-order valence-electron chi connectivity index (χ2n) is 5.46. The molecule has 2 aromatic rings. The SMILES string of the molecule is CCN(CC(C)C(=O)OC)C(=O)c1oc2ccc(Br)cc2c1C. The molecule has 0 saturated carbocycles. The second kappa shape index (κ2) is 7.17. The highest BCUT2D eigenvalue weighted by atomic mass is 79.9. The predicted molar refractivity (Wildman–Crippen MR) is 91.4 cm³/mol. The van der Waals surface area contributed by atoms with E-state index in [4.69, 9.17) is 9.15 Å². The number of esters is 1. The molecule has 0 spiro atoms. The van der Waals surface area contributed by atoms with Crippen LogP contribution < -0.4 is 0 Å². The van der Waals surface area contributed by atoms with Crippen LogP contribution in [0.5, 0.6) is 0 Å². The highest BCUT2D eigenvalue weighted by molar-refractivity contribution is 9.10. The monoisotopic (exact) mass is 381 g/mol. The van der Waals surface area contributed by atoms with Gasteiger partial charge in [0, 0.05) is 28.5 Å². The minimum absolute atomic E-state index is 0.215. The number of benzene rings is 1. The number of hydrogen-bond donors (Lipinski definition) is 0. The van der Waals surface area contributed by atoms with Gasteiger partial charge in [-0.1, -0.05) is 22.9 Å². The molecule has 0 radical (unpaired) electrons. The van der Waals surface area contributed by atoms with E-state index in [0.29, 0.717) is 24.4 Å². The Balaban J connectivity index is 2.31. The molecule has 0 aliphatic carbocycles. The van der Waals surface area contributed by atoms with Crippen molar-refractivity contribution in [3.63, 3.8) is 0 Å². The third-order valence-electron chi connectivity index (χ3n) is 3.86. The quantitative estimate of drug-likeness (QED) is 0.739. The summed E-state index contributed by atoms with van der Waals surface area (Å²) in [7, 11) is 1.35. The van der Waals surface area contributed by atoms with E-state index in [1.807, 2.05) is 32.0 Å². The molecule has 1 heterocycles. The van der Waals surface area contributed by atoms with Crippen molar-refractivity contribution in [1.29, 1.82) is 0 Å². The van der Waals surface area contributed by atoms with Crippen molar-refractivity contribution in [2.45, 2.75) is 20.8 Å². The third-order valence-corrected chi connectivity index (χ3v) is 4.35. The number of ether oxygens (including phenoxy) is 1. The molecule has 1 amide bonds. The Morgan fingerprint density at radius 2 is 2.09 bits per heavy atom. The third kappa shape index (κ3) is 3.58. The maximum Gasteiger partial charge on any atom is 0.310 e. The smallest absolute Gasteiger partial charge is 0.310 e. The van der Waals surface area contributed by atoms with Crippen LogP contribution in [0.1, 0.15) is 30.0 Å². The number of fused-ring (bicyclic) bond motifs is 1. The van der Waals surface area contributed by atoms with E-state index in [1.54, 1.807) is 11.8 Å². The Bertz CT molecular complexity index is 738. The summed E-state index contributed by atoms with van der Waals surface area (Å²) in [6.45, 7) is 6.26. The Morgan fingerprint density at radius 3 is 2.70 bits per heavy atom. The van der Waals surface area contributed by atoms with E-state index in [2.05, 4.69) is 15.9 Å². The highest BCUT2D eigenvalue weighted by Gasteiger charge is 2.25. The summed E-state index contributed by atoms with van der Waals surface area (Å²) in [5, 5.41) is 0.903. The van der Waals surface area contributed by atoms with Crippen LogP contribution in [-0.4, -0.2) is 37.0 Å². The van der Waals surface area contributed by atoms with Crippen molar-refractivity contribution in [2.24, 2.45) is 5.92 Å². The number of rotatable bonds is 5. The lowest BCUT2D eigenvalue weighted by Crippen LogP contribution is -2.37. The number of halogens is 1. The van der Waals surface area contributed by atoms with Crippen LogP contribution in [0.25, 0.3) is 11.0 Å². The van der Waals surface area contributed by atoms with Gasteiger partial charge in [-0.25, -0.2) is 0 Å². The van der Waals surface area contributed by atoms with E-state index in [9.17, 15) is 9.59 Å². The van der Waals surface area contributed by atoms with Crippen molar-refractivity contribution >= 4 is 38.8 Å². The number of furan rings is 1. The van der Waals surface area contributed by atoms with Crippen LogP contribution in [0.3, 0.4) is 0 Å². The van der Waals surface area contributed by atoms with Gasteiger partial charge in [0.15, 0.2) is 5.76 Å².